The van der Waals surface area contributed by atoms with Gasteiger partial charge in [0.1, 0.15) is 28.5 Å². The minimum Gasteiger partial charge on any atom is -0.0654 e. The second-order valence-electron chi connectivity index (χ2n) is 10.2. The van der Waals surface area contributed by atoms with Crippen LogP contribution in [0.5, 0.6) is 0 Å². The van der Waals surface area contributed by atoms with E-state index in [2.05, 4.69) is 122 Å². The molecular formula is C36H44P+. The van der Waals surface area contributed by atoms with E-state index in [0.717, 1.165) is 6.42 Å². The summed E-state index contributed by atoms with van der Waals surface area (Å²) in [5.41, 5.74) is 1.52. The van der Waals surface area contributed by atoms with Gasteiger partial charge in [-0.05, 0) is 60.9 Å². The van der Waals surface area contributed by atoms with Gasteiger partial charge >= 0.3 is 0 Å². The standard InChI is InChI=1S/C36H44P/c1-2-3-4-5-6-7-8-9-10-14-23-32-24-21-22-31-36(32)37(33-25-15-11-16-26-33,34-27-17-12-18-28-34)35-29-19-13-20-30-35/h11-13,15-22,24-31H,2-10,14,23H2,1H3/q+1. The van der Waals surface area contributed by atoms with E-state index in [-0.39, 0.29) is 0 Å². The van der Waals surface area contributed by atoms with Crippen molar-refractivity contribution in [3.8, 4) is 0 Å². The van der Waals surface area contributed by atoms with Crippen LogP contribution in [-0.2, 0) is 6.42 Å². The molecule has 4 aromatic rings. The summed E-state index contributed by atoms with van der Waals surface area (Å²) in [6.07, 6.45) is 14.9. The summed E-state index contributed by atoms with van der Waals surface area (Å²) in [5, 5.41) is 5.82. The van der Waals surface area contributed by atoms with Gasteiger partial charge in [0.25, 0.3) is 0 Å². The molecular weight excluding hydrogens is 463 g/mol. The van der Waals surface area contributed by atoms with Gasteiger partial charge in [-0.3, -0.25) is 0 Å². The minimum atomic E-state index is -2.02. The number of hydrogen-bond acceptors (Lipinski definition) is 0. The normalized spacial score (nSPS) is 11.5. The first kappa shape index (κ1) is 27.3. The smallest absolute Gasteiger partial charge is 0.0654 e. The van der Waals surface area contributed by atoms with Crippen molar-refractivity contribution in [2.24, 2.45) is 0 Å². The zero-order valence-corrected chi connectivity index (χ0v) is 23.6. The molecule has 0 nitrogen and oxygen atoms in total. The lowest BCUT2D eigenvalue weighted by Crippen LogP contribution is -2.40. The van der Waals surface area contributed by atoms with Crippen molar-refractivity contribution in [2.75, 3.05) is 0 Å². The molecule has 0 atom stereocenters. The maximum absolute atomic E-state index is 2.42. The molecule has 0 saturated carbocycles. The fraction of sp³-hybridized carbons (Fsp3) is 0.333. The number of aryl methyl sites for hydroxylation is 1. The molecule has 0 aromatic heterocycles. The Labute approximate surface area is 226 Å². The molecule has 0 aliphatic carbocycles. The maximum Gasteiger partial charge on any atom is 0.144 e. The summed E-state index contributed by atoms with van der Waals surface area (Å²) in [7, 11) is -2.02. The fourth-order valence-corrected chi connectivity index (χ4v) is 10.2. The summed E-state index contributed by atoms with van der Waals surface area (Å²) >= 11 is 0. The van der Waals surface area contributed by atoms with E-state index >= 15 is 0 Å². The van der Waals surface area contributed by atoms with E-state index in [0.29, 0.717) is 0 Å². The molecule has 0 bridgehead atoms. The number of unbranched alkanes of at least 4 members (excludes halogenated alkanes) is 9. The van der Waals surface area contributed by atoms with E-state index in [9.17, 15) is 0 Å². The minimum absolute atomic E-state index is 1.15. The summed E-state index contributed by atoms with van der Waals surface area (Å²) in [6, 6.07) is 43.1. The average Bonchev–Trinajstić information content (AvgIpc) is 2.97. The Balaban J connectivity index is 1.60. The van der Waals surface area contributed by atoms with Gasteiger partial charge < -0.3 is 0 Å². The van der Waals surface area contributed by atoms with Crippen LogP contribution in [-0.4, -0.2) is 0 Å². The Hall–Kier alpha value is -2.69. The van der Waals surface area contributed by atoms with Crippen LogP contribution in [0.15, 0.2) is 115 Å². The molecule has 0 N–H and O–H groups in total. The molecule has 0 spiro atoms. The third kappa shape index (κ3) is 7.00. The quantitative estimate of drug-likeness (QED) is 0.111. The predicted octanol–water partition coefficient (Wildman–Crippen LogP) is 8.77. The van der Waals surface area contributed by atoms with Crippen LogP contribution < -0.4 is 21.2 Å². The number of hydrogen-bond donors (Lipinski definition) is 0. The lowest BCUT2D eigenvalue weighted by Gasteiger charge is -2.29. The molecule has 4 rings (SSSR count). The van der Waals surface area contributed by atoms with Gasteiger partial charge in [0, 0.05) is 0 Å². The zero-order valence-electron chi connectivity index (χ0n) is 22.7. The van der Waals surface area contributed by atoms with E-state index < -0.39 is 7.26 Å². The van der Waals surface area contributed by atoms with Gasteiger partial charge in [-0.2, -0.15) is 0 Å². The molecule has 0 aliphatic rings. The zero-order chi connectivity index (χ0) is 25.6. The molecule has 0 aliphatic heterocycles. The number of rotatable bonds is 15. The van der Waals surface area contributed by atoms with Gasteiger partial charge in [-0.15, -0.1) is 0 Å². The van der Waals surface area contributed by atoms with Crippen LogP contribution in [0.1, 0.15) is 76.7 Å². The highest BCUT2D eigenvalue weighted by atomic mass is 31.2. The Bertz CT molecular complexity index is 1050. The first-order valence-electron chi connectivity index (χ1n) is 14.5. The van der Waals surface area contributed by atoms with Crippen molar-refractivity contribution in [3.63, 3.8) is 0 Å². The van der Waals surface area contributed by atoms with E-state index in [1.807, 2.05) is 0 Å². The summed E-state index contributed by atoms with van der Waals surface area (Å²) in [5.74, 6) is 0. The molecule has 0 unspecified atom stereocenters. The van der Waals surface area contributed by atoms with Crippen molar-refractivity contribution in [1.29, 1.82) is 0 Å². The molecule has 1 heteroatoms. The van der Waals surface area contributed by atoms with Gasteiger partial charge in [0.2, 0.25) is 0 Å². The topological polar surface area (TPSA) is 0 Å². The summed E-state index contributed by atoms with van der Waals surface area (Å²) < 4.78 is 0. The molecule has 0 heterocycles. The molecule has 192 valence electrons. The Morgan fingerprint density at radius 1 is 0.405 bits per heavy atom. The van der Waals surface area contributed by atoms with Gasteiger partial charge in [0.05, 0.1) is 0 Å². The van der Waals surface area contributed by atoms with Crippen LogP contribution in [0.3, 0.4) is 0 Å². The lowest BCUT2D eigenvalue weighted by atomic mass is 10.0. The van der Waals surface area contributed by atoms with E-state index in [1.165, 1.54) is 91.0 Å². The van der Waals surface area contributed by atoms with E-state index in [4.69, 9.17) is 0 Å². The first-order chi connectivity index (χ1) is 18.4. The molecule has 0 fully saturated rings. The van der Waals surface area contributed by atoms with Crippen molar-refractivity contribution in [2.45, 2.75) is 77.6 Å². The van der Waals surface area contributed by atoms with Crippen LogP contribution in [0, 0.1) is 0 Å². The molecule has 0 saturated heterocycles. The predicted molar refractivity (Wildman–Crippen MR) is 167 cm³/mol. The van der Waals surface area contributed by atoms with Gasteiger partial charge in [-0.1, -0.05) is 138 Å². The molecule has 4 aromatic carbocycles. The van der Waals surface area contributed by atoms with Crippen LogP contribution in [0.25, 0.3) is 0 Å². The summed E-state index contributed by atoms with van der Waals surface area (Å²) in [6.45, 7) is 2.30. The molecule has 0 radical (unpaired) electrons. The number of benzene rings is 4. The second-order valence-corrected chi connectivity index (χ2v) is 13.6. The van der Waals surface area contributed by atoms with E-state index in [1.54, 1.807) is 0 Å². The monoisotopic (exact) mass is 507 g/mol. The van der Waals surface area contributed by atoms with Crippen LogP contribution >= 0.6 is 7.26 Å². The van der Waals surface area contributed by atoms with Gasteiger partial charge in [0.15, 0.2) is 0 Å². The van der Waals surface area contributed by atoms with Crippen LogP contribution in [0.4, 0.5) is 0 Å². The molecule has 37 heavy (non-hydrogen) atoms. The van der Waals surface area contributed by atoms with Gasteiger partial charge in [-0.25, -0.2) is 0 Å². The Morgan fingerprint density at radius 3 is 1.24 bits per heavy atom. The Kier molecular flexibility index (Phi) is 11.0. The first-order valence-corrected chi connectivity index (χ1v) is 16.3. The van der Waals surface area contributed by atoms with Crippen molar-refractivity contribution < 1.29 is 0 Å². The lowest BCUT2D eigenvalue weighted by molar-refractivity contribution is 0.556. The molecule has 0 amide bonds. The highest BCUT2D eigenvalue weighted by Gasteiger charge is 2.48. The van der Waals surface area contributed by atoms with Crippen molar-refractivity contribution >= 4 is 28.5 Å². The maximum atomic E-state index is 2.42. The van der Waals surface area contributed by atoms with Crippen molar-refractivity contribution in [3.05, 3.63) is 121 Å². The SMILES string of the molecule is CCCCCCCCCCCCc1ccccc1[P+](c1ccccc1)(c1ccccc1)c1ccccc1. The van der Waals surface area contributed by atoms with Crippen molar-refractivity contribution in [1.82, 2.24) is 0 Å². The Morgan fingerprint density at radius 2 is 0.784 bits per heavy atom. The third-order valence-electron chi connectivity index (χ3n) is 7.58. The third-order valence-corrected chi connectivity index (χ3v) is 12.0. The fourth-order valence-electron chi connectivity index (χ4n) is 5.67. The highest BCUT2D eigenvalue weighted by Crippen LogP contribution is 2.55. The largest absolute Gasteiger partial charge is 0.144 e. The summed E-state index contributed by atoms with van der Waals surface area (Å²) in [4.78, 5) is 0. The average molecular weight is 508 g/mol. The highest BCUT2D eigenvalue weighted by molar-refractivity contribution is 8.01. The van der Waals surface area contributed by atoms with Crippen LogP contribution in [0.2, 0.25) is 0 Å². The second kappa shape index (κ2) is 14.9.